The van der Waals surface area contributed by atoms with Gasteiger partial charge in [0.15, 0.2) is 0 Å². The molecule has 1 aliphatic rings. The molecule has 0 aromatic heterocycles. The highest BCUT2D eigenvalue weighted by Crippen LogP contribution is 2.38. The lowest BCUT2D eigenvalue weighted by molar-refractivity contribution is 0.0641. The van der Waals surface area contributed by atoms with Gasteiger partial charge in [-0.1, -0.05) is 29.8 Å². The lowest BCUT2D eigenvalue weighted by atomic mass is 9.78. The first kappa shape index (κ1) is 8.74. The summed E-state index contributed by atoms with van der Waals surface area (Å²) in [5.74, 6) is 0. The Labute approximate surface area is 78.8 Å². The van der Waals surface area contributed by atoms with Crippen molar-refractivity contribution in [3.05, 3.63) is 35.4 Å². The summed E-state index contributed by atoms with van der Waals surface area (Å²) in [6.45, 7) is 2.05. The molecule has 0 atom stereocenters. The van der Waals surface area contributed by atoms with Crippen molar-refractivity contribution in [3.8, 4) is 0 Å². The van der Waals surface area contributed by atoms with Gasteiger partial charge in [-0.2, -0.15) is 0 Å². The molecule has 0 spiro atoms. The van der Waals surface area contributed by atoms with Gasteiger partial charge in [-0.3, -0.25) is 0 Å². The van der Waals surface area contributed by atoms with Crippen LogP contribution in [-0.2, 0) is 6.42 Å². The molecule has 1 heteroatoms. The summed E-state index contributed by atoms with van der Waals surface area (Å²) in [7, 11) is 0. The Bertz CT molecular complexity index is 282. The summed E-state index contributed by atoms with van der Waals surface area (Å²) < 4.78 is 13.7. The summed E-state index contributed by atoms with van der Waals surface area (Å²) in [4.78, 5) is 0. The molecule has 0 amide bonds. The van der Waals surface area contributed by atoms with Gasteiger partial charge >= 0.3 is 0 Å². The molecule has 1 saturated carbocycles. The first-order chi connectivity index (χ1) is 6.18. The molecule has 1 aliphatic carbocycles. The molecular formula is C12H15F. The van der Waals surface area contributed by atoms with Gasteiger partial charge in [-0.05, 0) is 31.7 Å². The zero-order valence-corrected chi connectivity index (χ0v) is 8.02. The molecule has 13 heavy (non-hydrogen) atoms. The maximum Gasteiger partial charge on any atom is 0.115 e. The van der Waals surface area contributed by atoms with Crippen LogP contribution in [0.25, 0.3) is 0 Å². The highest BCUT2D eigenvalue weighted by atomic mass is 19.1. The molecule has 1 fully saturated rings. The fraction of sp³-hybridized carbons (Fsp3) is 0.500. The molecule has 0 radical (unpaired) electrons. The van der Waals surface area contributed by atoms with Gasteiger partial charge in [-0.25, -0.2) is 4.39 Å². The Hall–Kier alpha value is -0.850. The SMILES string of the molecule is Cc1ccc(CC2(F)CCC2)cc1. The summed E-state index contributed by atoms with van der Waals surface area (Å²) in [6.07, 6.45) is 3.16. The molecule has 1 aromatic carbocycles. The normalized spacial score (nSPS) is 19.5. The van der Waals surface area contributed by atoms with Crippen LogP contribution in [0.15, 0.2) is 24.3 Å². The van der Waals surface area contributed by atoms with Crippen molar-refractivity contribution < 1.29 is 4.39 Å². The summed E-state index contributed by atoms with van der Waals surface area (Å²) in [6, 6.07) is 8.18. The average molecular weight is 178 g/mol. The standard InChI is InChI=1S/C12H15F/c1-10-3-5-11(6-4-10)9-12(13)7-2-8-12/h3-6H,2,7-9H2,1H3. The summed E-state index contributed by atoms with van der Waals surface area (Å²) >= 11 is 0. The third kappa shape index (κ3) is 1.90. The Morgan fingerprint density at radius 3 is 2.31 bits per heavy atom. The molecule has 0 unspecified atom stereocenters. The second-order valence-electron chi connectivity index (χ2n) is 4.17. The summed E-state index contributed by atoms with van der Waals surface area (Å²) in [5.41, 5.74) is 1.49. The van der Waals surface area contributed by atoms with E-state index < -0.39 is 5.67 Å². The average Bonchev–Trinajstić information content (AvgIpc) is 2.06. The number of alkyl halides is 1. The fourth-order valence-corrected chi connectivity index (χ4v) is 1.81. The minimum absolute atomic E-state index is 0.604. The zero-order valence-electron chi connectivity index (χ0n) is 8.02. The topological polar surface area (TPSA) is 0 Å². The van der Waals surface area contributed by atoms with Crippen LogP contribution < -0.4 is 0 Å². The van der Waals surface area contributed by atoms with Crippen LogP contribution in [0, 0.1) is 6.92 Å². The quantitative estimate of drug-likeness (QED) is 0.651. The number of rotatable bonds is 2. The highest BCUT2D eigenvalue weighted by Gasteiger charge is 2.36. The van der Waals surface area contributed by atoms with E-state index in [1.54, 1.807) is 0 Å². The molecule has 0 heterocycles. The number of aryl methyl sites for hydroxylation is 1. The highest BCUT2D eigenvalue weighted by molar-refractivity contribution is 5.23. The van der Waals surface area contributed by atoms with Gasteiger partial charge < -0.3 is 0 Å². The van der Waals surface area contributed by atoms with Crippen LogP contribution >= 0.6 is 0 Å². The van der Waals surface area contributed by atoms with Gasteiger partial charge in [0, 0.05) is 6.42 Å². The van der Waals surface area contributed by atoms with E-state index in [2.05, 4.69) is 19.1 Å². The lowest BCUT2D eigenvalue weighted by Crippen LogP contribution is -2.33. The van der Waals surface area contributed by atoms with E-state index in [1.807, 2.05) is 12.1 Å². The van der Waals surface area contributed by atoms with Crippen LogP contribution in [0.5, 0.6) is 0 Å². The lowest BCUT2D eigenvalue weighted by Gasteiger charge is -2.33. The molecular weight excluding hydrogens is 163 g/mol. The number of halogens is 1. The predicted molar refractivity (Wildman–Crippen MR) is 52.6 cm³/mol. The van der Waals surface area contributed by atoms with Crippen molar-refractivity contribution >= 4 is 0 Å². The van der Waals surface area contributed by atoms with Crippen LogP contribution in [0.1, 0.15) is 30.4 Å². The Balaban J connectivity index is 2.05. The van der Waals surface area contributed by atoms with Gasteiger partial charge in [0.25, 0.3) is 0 Å². The monoisotopic (exact) mass is 178 g/mol. The third-order valence-electron chi connectivity index (χ3n) is 2.89. The zero-order chi connectivity index (χ0) is 9.31. The van der Waals surface area contributed by atoms with E-state index in [-0.39, 0.29) is 0 Å². The van der Waals surface area contributed by atoms with E-state index in [9.17, 15) is 4.39 Å². The minimum atomic E-state index is -0.880. The van der Waals surface area contributed by atoms with Crippen molar-refractivity contribution in [2.75, 3.05) is 0 Å². The minimum Gasteiger partial charge on any atom is -0.244 e. The van der Waals surface area contributed by atoms with E-state index in [0.29, 0.717) is 6.42 Å². The van der Waals surface area contributed by atoms with Crippen molar-refractivity contribution in [2.24, 2.45) is 0 Å². The van der Waals surface area contributed by atoms with E-state index >= 15 is 0 Å². The maximum absolute atomic E-state index is 13.7. The van der Waals surface area contributed by atoms with Gasteiger partial charge in [-0.15, -0.1) is 0 Å². The second kappa shape index (κ2) is 3.13. The van der Waals surface area contributed by atoms with Crippen molar-refractivity contribution in [2.45, 2.75) is 38.3 Å². The molecule has 0 aliphatic heterocycles. The largest absolute Gasteiger partial charge is 0.244 e. The van der Waals surface area contributed by atoms with Gasteiger partial charge in [0.05, 0.1) is 0 Å². The van der Waals surface area contributed by atoms with E-state index in [0.717, 1.165) is 24.8 Å². The number of benzene rings is 1. The maximum atomic E-state index is 13.7. The Morgan fingerprint density at radius 2 is 1.85 bits per heavy atom. The van der Waals surface area contributed by atoms with E-state index in [4.69, 9.17) is 0 Å². The van der Waals surface area contributed by atoms with Crippen molar-refractivity contribution in [3.63, 3.8) is 0 Å². The van der Waals surface area contributed by atoms with Gasteiger partial charge in [0.2, 0.25) is 0 Å². The predicted octanol–water partition coefficient (Wildman–Crippen LogP) is 3.43. The molecule has 0 nitrogen and oxygen atoms in total. The van der Waals surface area contributed by atoms with Gasteiger partial charge in [0.1, 0.15) is 5.67 Å². The molecule has 0 bridgehead atoms. The summed E-state index contributed by atoms with van der Waals surface area (Å²) in [5, 5.41) is 0. The van der Waals surface area contributed by atoms with Crippen LogP contribution in [0.4, 0.5) is 4.39 Å². The molecule has 2 rings (SSSR count). The molecule has 1 aromatic rings. The third-order valence-corrected chi connectivity index (χ3v) is 2.89. The van der Waals surface area contributed by atoms with Crippen LogP contribution in [-0.4, -0.2) is 5.67 Å². The van der Waals surface area contributed by atoms with Crippen LogP contribution in [0.2, 0.25) is 0 Å². The van der Waals surface area contributed by atoms with Crippen LogP contribution in [0.3, 0.4) is 0 Å². The Kier molecular flexibility index (Phi) is 2.10. The molecule has 0 saturated heterocycles. The number of hydrogen-bond acceptors (Lipinski definition) is 0. The Morgan fingerprint density at radius 1 is 1.23 bits per heavy atom. The van der Waals surface area contributed by atoms with Crippen molar-refractivity contribution in [1.82, 2.24) is 0 Å². The van der Waals surface area contributed by atoms with E-state index in [1.165, 1.54) is 5.56 Å². The second-order valence-corrected chi connectivity index (χ2v) is 4.17. The number of hydrogen-bond donors (Lipinski definition) is 0. The smallest absolute Gasteiger partial charge is 0.115 e. The first-order valence-corrected chi connectivity index (χ1v) is 4.92. The molecule has 0 N–H and O–H groups in total. The molecule has 70 valence electrons. The fourth-order valence-electron chi connectivity index (χ4n) is 1.81. The van der Waals surface area contributed by atoms with Crippen molar-refractivity contribution in [1.29, 1.82) is 0 Å². The first-order valence-electron chi connectivity index (χ1n) is 4.92.